The van der Waals surface area contributed by atoms with Crippen LogP contribution in [0, 0.1) is 12.3 Å². The van der Waals surface area contributed by atoms with Gasteiger partial charge >= 0.3 is 0 Å². The Balaban J connectivity index is 1.95. The molecule has 164 valence electrons. The molecule has 0 saturated carbocycles. The number of hydrogen-bond acceptors (Lipinski definition) is 5. The summed E-state index contributed by atoms with van der Waals surface area (Å²) in [5.41, 5.74) is 2.11. The lowest BCUT2D eigenvalue weighted by atomic mass is 10.0. The minimum absolute atomic E-state index is 0.120. The van der Waals surface area contributed by atoms with Crippen LogP contribution in [0.1, 0.15) is 18.1 Å². The van der Waals surface area contributed by atoms with Crippen LogP contribution in [0.25, 0.3) is 6.08 Å². The van der Waals surface area contributed by atoms with Crippen LogP contribution < -0.4 is 14.8 Å². The number of rotatable bonds is 8. The van der Waals surface area contributed by atoms with Gasteiger partial charge in [0.15, 0.2) is 16.7 Å². The van der Waals surface area contributed by atoms with Crippen LogP contribution >= 0.6 is 35.0 Å². The summed E-state index contributed by atoms with van der Waals surface area (Å²) < 4.78 is 11.5. The molecule has 2 aromatic rings. The molecule has 32 heavy (non-hydrogen) atoms. The van der Waals surface area contributed by atoms with Crippen LogP contribution in [0.3, 0.4) is 0 Å². The van der Waals surface area contributed by atoms with Crippen LogP contribution in [0.4, 0.5) is 5.69 Å². The van der Waals surface area contributed by atoms with E-state index < -0.39 is 0 Å². The van der Waals surface area contributed by atoms with Gasteiger partial charge in [-0.05, 0) is 61.0 Å². The second kappa shape index (κ2) is 11.1. The maximum absolute atomic E-state index is 12.5. The number of ether oxygens (including phenoxy) is 2. The van der Waals surface area contributed by atoms with Crippen molar-refractivity contribution in [3.8, 4) is 23.8 Å². The van der Waals surface area contributed by atoms with E-state index in [0.717, 1.165) is 11.1 Å². The van der Waals surface area contributed by atoms with Gasteiger partial charge in [0.25, 0.3) is 5.91 Å². The van der Waals surface area contributed by atoms with E-state index in [1.54, 1.807) is 30.4 Å². The zero-order chi connectivity index (χ0) is 23.1. The molecule has 0 atom stereocenters. The number of halogens is 2. The molecule has 3 rings (SSSR count). The first kappa shape index (κ1) is 23.8. The Labute approximate surface area is 201 Å². The quantitative estimate of drug-likeness (QED) is 0.281. The number of nitrogens with zero attached hydrogens (tertiary/aromatic N) is 1. The Hall–Kier alpha value is -2.85. The molecular formula is C24H20Cl2N2O3S. The average molecular weight is 487 g/mol. The summed E-state index contributed by atoms with van der Waals surface area (Å²) in [6.07, 6.45) is 9.43. The van der Waals surface area contributed by atoms with Crippen molar-refractivity contribution in [2.75, 3.05) is 13.2 Å². The van der Waals surface area contributed by atoms with Gasteiger partial charge in [0.2, 0.25) is 0 Å². The number of carbonyl (C=O) groups excluding carboxylic acids is 1. The van der Waals surface area contributed by atoms with Crippen molar-refractivity contribution in [3.63, 3.8) is 0 Å². The third-order valence-electron chi connectivity index (χ3n) is 4.22. The Morgan fingerprint density at radius 1 is 1.31 bits per heavy atom. The second-order valence-electron chi connectivity index (χ2n) is 6.48. The summed E-state index contributed by atoms with van der Waals surface area (Å²) in [6.45, 7) is 6.26. The minimum Gasteiger partial charge on any atom is -0.490 e. The third-order valence-corrected chi connectivity index (χ3v) is 5.94. The molecule has 0 aromatic heterocycles. The number of hydrogen-bond donors (Lipinski definition) is 1. The van der Waals surface area contributed by atoms with Crippen molar-refractivity contribution < 1.29 is 14.3 Å². The zero-order valence-electron chi connectivity index (χ0n) is 17.3. The molecule has 1 fully saturated rings. The summed E-state index contributed by atoms with van der Waals surface area (Å²) in [4.78, 5) is 17.4. The van der Waals surface area contributed by atoms with Gasteiger partial charge < -0.3 is 14.8 Å². The molecule has 0 radical (unpaired) electrons. The minimum atomic E-state index is -0.261. The summed E-state index contributed by atoms with van der Waals surface area (Å²) in [5.74, 6) is 3.33. The molecular weight excluding hydrogens is 467 g/mol. The molecule has 1 N–H and O–H groups in total. The van der Waals surface area contributed by atoms with E-state index in [-0.39, 0.29) is 12.5 Å². The number of aliphatic imine (C=N–C) groups is 1. The Kier molecular flexibility index (Phi) is 8.29. The van der Waals surface area contributed by atoms with Gasteiger partial charge in [0.05, 0.1) is 27.2 Å². The van der Waals surface area contributed by atoms with E-state index in [1.807, 2.05) is 19.1 Å². The largest absolute Gasteiger partial charge is 0.490 e. The Morgan fingerprint density at radius 3 is 2.84 bits per heavy atom. The Bertz CT molecular complexity index is 1150. The number of amides is 1. The lowest BCUT2D eigenvalue weighted by molar-refractivity contribution is -0.115. The first-order valence-corrected chi connectivity index (χ1v) is 11.2. The van der Waals surface area contributed by atoms with E-state index in [4.69, 9.17) is 39.1 Å². The van der Waals surface area contributed by atoms with Crippen molar-refractivity contribution in [1.82, 2.24) is 5.32 Å². The first-order valence-electron chi connectivity index (χ1n) is 9.67. The van der Waals surface area contributed by atoms with Crippen molar-refractivity contribution in [2.24, 2.45) is 4.99 Å². The third kappa shape index (κ3) is 5.68. The van der Waals surface area contributed by atoms with Gasteiger partial charge in [-0.25, -0.2) is 4.99 Å². The highest BCUT2D eigenvalue weighted by Gasteiger charge is 2.25. The van der Waals surface area contributed by atoms with Crippen molar-refractivity contribution in [2.45, 2.75) is 13.3 Å². The maximum atomic E-state index is 12.5. The lowest BCUT2D eigenvalue weighted by Gasteiger charge is -2.15. The Morgan fingerprint density at radius 2 is 2.12 bits per heavy atom. The topological polar surface area (TPSA) is 59.9 Å². The van der Waals surface area contributed by atoms with Gasteiger partial charge in [-0.1, -0.05) is 41.3 Å². The van der Waals surface area contributed by atoms with Gasteiger partial charge in [-0.15, -0.1) is 13.0 Å². The highest BCUT2D eigenvalue weighted by molar-refractivity contribution is 8.18. The fraction of sp³-hybridized carbons (Fsp3) is 0.167. The number of allylic oxidation sites excluding steroid dienone is 1. The molecule has 1 aliphatic heterocycles. The molecule has 0 aliphatic carbocycles. The molecule has 1 aliphatic rings. The van der Waals surface area contributed by atoms with Crippen LogP contribution in [0.2, 0.25) is 10.0 Å². The molecule has 0 unspecified atom stereocenters. The molecule has 1 saturated heterocycles. The van der Waals surface area contributed by atoms with E-state index >= 15 is 0 Å². The molecule has 1 amide bonds. The highest BCUT2D eigenvalue weighted by atomic mass is 35.5. The summed E-state index contributed by atoms with van der Waals surface area (Å²) in [6, 6.07) is 8.87. The van der Waals surface area contributed by atoms with Crippen molar-refractivity contribution in [3.05, 3.63) is 69.1 Å². The lowest BCUT2D eigenvalue weighted by Crippen LogP contribution is -2.19. The SMILES string of the molecule is C#CCOc1c(CC=C)cc(/C=C2/SC(=Nc3cccc(Cl)c3Cl)NC2=O)cc1OCC. The number of terminal acetylenes is 1. The number of carbonyl (C=O) groups is 1. The molecule has 2 aromatic carbocycles. The van der Waals surface area contributed by atoms with E-state index in [0.29, 0.717) is 50.3 Å². The normalized spacial score (nSPS) is 15.5. The maximum Gasteiger partial charge on any atom is 0.264 e. The summed E-state index contributed by atoms with van der Waals surface area (Å²) in [7, 11) is 0. The fourth-order valence-electron chi connectivity index (χ4n) is 2.93. The van der Waals surface area contributed by atoms with Gasteiger partial charge in [0.1, 0.15) is 6.61 Å². The van der Waals surface area contributed by atoms with E-state index in [1.165, 1.54) is 11.8 Å². The van der Waals surface area contributed by atoms with Crippen molar-refractivity contribution in [1.29, 1.82) is 0 Å². The van der Waals surface area contributed by atoms with E-state index in [2.05, 4.69) is 22.8 Å². The summed E-state index contributed by atoms with van der Waals surface area (Å²) in [5, 5.41) is 3.88. The predicted molar refractivity (Wildman–Crippen MR) is 133 cm³/mol. The molecule has 0 spiro atoms. The molecule has 0 bridgehead atoms. The van der Waals surface area contributed by atoms with Crippen molar-refractivity contribution >= 4 is 57.8 Å². The average Bonchev–Trinajstić information content (AvgIpc) is 3.10. The van der Waals surface area contributed by atoms with Crippen LogP contribution in [-0.2, 0) is 11.2 Å². The number of thioether (sulfide) groups is 1. The number of nitrogens with one attached hydrogen (secondary N) is 1. The fourth-order valence-corrected chi connectivity index (χ4v) is 4.11. The number of benzene rings is 2. The molecule has 5 nitrogen and oxygen atoms in total. The first-order chi connectivity index (χ1) is 15.5. The summed E-state index contributed by atoms with van der Waals surface area (Å²) >= 11 is 13.4. The van der Waals surface area contributed by atoms with Gasteiger partial charge in [-0.2, -0.15) is 0 Å². The molecule has 8 heteroatoms. The monoisotopic (exact) mass is 486 g/mol. The number of amidine groups is 1. The smallest absolute Gasteiger partial charge is 0.264 e. The highest BCUT2D eigenvalue weighted by Crippen LogP contribution is 2.37. The predicted octanol–water partition coefficient (Wildman–Crippen LogP) is 6.02. The van der Waals surface area contributed by atoms with E-state index in [9.17, 15) is 4.79 Å². The van der Waals surface area contributed by atoms with Gasteiger partial charge in [0, 0.05) is 5.56 Å². The zero-order valence-corrected chi connectivity index (χ0v) is 19.6. The standard InChI is InChI=1S/C24H20Cl2N2O3S/c1-4-8-16-12-15(13-19(30-6-3)22(16)31-11-5-2)14-20-23(29)28-24(32-20)27-18-10-7-9-17(25)21(18)26/h2,4,7,9-10,12-14H,1,6,8,11H2,3H3,(H,27,28,29)/b20-14+. The van der Waals surface area contributed by atoms with Crippen LogP contribution in [-0.4, -0.2) is 24.3 Å². The molecule has 1 heterocycles. The van der Waals surface area contributed by atoms with Crippen LogP contribution in [0.5, 0.6) is 11.5 Å². The van der Waals surface area contributed by atoms with Gasteiger partial charge in [-0.3, -0.25) is 4.79 Å². The van der Waals surface area contributed by atoms with Crippen LogP contribution in [0.15, 0.2) is 52.9 Å². The second-order valence-corrected chi connectivity index (χ2v) is 8.30.